The Morgan fingerprint density at radius 1 is 1.14 bits per heavy atom. The number of halogens is 1. The molecular weight excluding hydrogens is 375 g/mol. The largest absolute Gasteiger partial charge is 0.340 e. The van der Waals surface area contributed by atoms with Gasteiger partial charge < -0.3 is 9.42 Å². The van der Waals surface area contributed by atoms with E-state index in [4.69, 9.17) is 4.52 Å². The summed E-state index contributed by atoms with van der Waals surface area (Å²) in [7, 11) is 0. The molecule has 2 aromatic heterocycles. The van der Waals surface area contributed by atoms with Crippen LogP contribution in [0.2, 0.25) is 0 Å². The van der Waals surface area contributed by atoms with Gasteiger partial charge in [-0.05, 0) is 36.2 Å². The number of carbonyl (C=O) groups is 1. The molecule has 9 heteroatoms. The first-order valence-electron chi connectivity index (χ1n) is 9.47. The summed E-state index contributed by atoms with van der Waals surface area (Å²) in [6, 6.07) is 11.5. The van der Waals surface area contributed by atoms with Crippen LogP contribution >= 0.6 is 0 Å². The lowest BCUT2D eigenvalue weighted by Gasteiger charge is -2.38. The maximum Gasteiger partial charge on any atom is 0.241 e. The van der Waals surface area contributed by atoms with Gasteiger partial charge in [-0.15, -0.1) is 0 Å². The van der Waals surface area contributed by atoms with E-state index in [1.807, 2.05) is 18.2 Å². The Balaban J connectivity index is 1.17. The molecule has 0 bridgehead atoms. The predicted octanol–water partition coefficient (Wildman–Crippen LogP) is 1.80. The molecule has 2 saturated heterocycles. The molecule has 0 aliphatic carbocycles. The van der Waals surface area contributed by atoms with Crippen molar-refractivity contribution in [3.8, 4) is 11.5 Å². The minimum absolute atomic E-state index is 0.0292. The van der Waals surface area contributed by atoms with Crippen LogP contribution in [0, 0.1) is 5.82 Å². The van der Waals surface area contributed by atoms with Gasteiger partial charge in [-0.25, -0.2) is 15.2 Å². The second-order valence-electron chi connectivity index (χ2n) is 7.29. The van der Waals surface area contributed by atoms with Crippen molar-refractivity contribution in [1.29, 1.82) is 0 Å². The van der Waals surface area contributed by atoms with Crippen molar-refractivity contribution in [1.82, 2.24) is 30.9 Å². The van der Waals surface area contributed by atoms with E-state index in [1.165, 1.54) is 12.1 Å². The third-order valence-electron chi connectivity index (χ3n) is 5.35. The summed E-state index contributed by atoms with van der Waals surface area (Å²) in [6.45, 7) is 1.09. The molecule has 0 saturated carbocycles. The number of nitrogens with one attached hydrogen (secondary N) is 2. The molecular formula is C20H19FN6O2. The molecule has 1 amide bonds. The number of likely N-dealkylation sites (tertiary alicyclic amines) is 1. The van der Waals surface area contributed by atoms with Crippen LogP contribution in [0.1, 0.15) is 29.8 Å². The molecule has 4 heterocycles. The first kappa shape index (κ1) is 17.9. The zero-order valence-corrected chi connectivity index (χ0v) is 15.5. The number of aromatic nitrogens is 3. The number of hydrogen-bond acceptors (Lipinski definition) is 7. The third kappa shape index (κ3) is 3.50. The van der Waals surface area contributed by atoms with Gasteiger partial charge in [-0.3, -0.25) is 9.78 Å². The van der Waals surface area contributed by atoms with Crippen molar-refractivity contribution in [3.05, 3.63) is 65.9 Å². The Kier molecular flexibility index (Phi) is 4.53. The van der Waals surface area contributed by atoms with Crippen molar-refractivity contribution in [2.75, 3.05) is 13.1 Å². The van der Waals surface area contributed by atoms with E-state index in [1.54, 1.807) is 23.2 Å². The van der Waals surface area contributed by atoms with Crippen molar-refractivity contribution in [2.24, 2.45) is 0 Å². The Morgan fingerprint density at radius 2 is 1.97 bits per heavy atom. The van der Waals surface area contributed by atoms with E-state index in [0.29, 0.717) is 36.9 Å². The highest BCUT2D eigenvalue weighted by Gasteiger charge is 2.40. The zero-order chi connectivity index (χ0) is 19.8. The average Bonchev–Trinajstić information content (AvgIpc) is 3.38. The van der Waals surface area contributed by atoms with E-state index in [0.717, 1.165) is 5.56 Å². The van der Waals surface area contributed by atoms with Gasteiger partial charge in [0.25, 0.3) is 0 Å². The fourth-order valence-electron chi connectivity index (χ4n) is 3.67. The van der Waals surface area contributed by atoms with Crippen LogP contribution in [0.3, 0.4) is 0 Å². The summed E-state index contributed by atoms with van der Waals surface area (Å²) >= 11 is 0. The van der Waals surface area contributed by atoms with Crippen molar-refractivity contribution < 1.29 is 13.7 Å². The smallest absolute Gasteiger partial charge is 0.241 e. The van der Waals surface area contributed by atoms with Crippen molar-refractivity contribution in [3.63, 3.8) is 0 Å². The van der Waals surface area contributed by atoms with Crippen LogP contribution in [0.25, 0.3) is 11.5 Å². The maximum absolute atomic E-state index is 13.1. The third-order valence-corrected chi connectivity index (χ3v) is 5.35. The number of benzene rings is 1. The Morgan fingerprint density at radius 3 is 2.72 bits per heavy atom. The van der Waals surface area contributed by atoms with E-state index in [2.05, 4.69) is 26.0 Å². The number of rotatable bonds is 4. The van der Waals surface area contributed by atoms with Gasteiger partial charge >= 0.3 is 0 Å². The van der Waals surface area contributed by atoms with Crippen LogP contribution < -0.4 is 10.9 Å². The lowest BCUT2D eigenvalue weighted by molar-refractivity contribution is -0.138. The summed E-state index contributed by atoms with van der Waals surface area (Å²) < 4.78 is 18.5. The van der Waals surface area contributed by atoms with Gasteiger partial charge in [-0.2, -0.15) is 4.98 Å². The molecule has 0 radical (unpaired) electrons. The molecule has 2 aliphatic heterocycles. The van der Waals surface area contributed by atoms with Gasteiger partial charge in [-0.1, -0.05) is 23.4 Å². The second kappa shape index (κ2) is 7.34. The van der Waals surface area contributed by atoms with E-state index >= 15 is 0 Å². The zero-order valence-electron chi connectivity index (χ0n) is 15.5. The van der Waals surface area contributed by atoms with Crippen LogP contribution in [0.15, 0.2) is 53.2 Å². The molecule has 29 heavy (non-hydrogen) atoms. The average molecular weight is 394 g/mol. The molecule has 8 nitrogen and oxygen atoms in total. The number of pyridine rings is 1. The first-order valence-corrected chi connectivity index (χ1v) is 9.47. The van der Waals surface area contributed by atoms with E-state index < -0.39 is 0 Å². The lowest BCUT2D eigenvalue weighted by atomic mass is 9.96. The van der Waals surface area contributed by atoms with Crippen LogP contribution in [-0.2, 0) is 4.79 Å². The van der Waals surface area contributed by atoms with Gasteiger partial charge in [0, 0.05) is 25.3 Å². The van der Waals surface area contributed by atoms with Crippen LogP contribution in [-0.4, -0.2) is 45.1 Å². The van der Waals surface area contributed by atoms with Crippen LogP contribution in [0.4, 0.5) is 4.39 Å². The number of carbonyl (C=O) groups excluding carboxylic acids is 1. The highest BCUT2D eigenvalue weighted by atomic mass is 19.1. The summed E-state index contributed by atoms with van der Waals surface area (Å²) in [5.74, 6) is 0.769. The fourth-order valence-corrected chi connectivity index (χ4v) is 3.67. The Hall–Kier alpha value is -3.17. The quantitative estimate of drug-likeness (QED) is 0.697. The molecule has 0 spiro atoms. The minimum atomic E-state index is -0.322. The van der Waals surface area contributed by atoms with Gasteiger partial charge in [0.05, 0.1) is 5.92 Å². The summed E-state index contributed by atoms with van der Waals surface area (Å²) in [5, 5.41) is 3.99. The number of hydrogen-bond donors (Lipinski definition) is 2. The van der Waals surface area contributed by atoms with Crippen molar-refractivity contribution >= 4 is 5.91 Å². The first-order chi connectivity index (χ1) is 14.2. The van der Waals surface area contributed by atoms with Crippen LogP contribution in [0.5, 0.6) is 0 Å². The van der Waals surface area contributed by atoms with Gasteiger partial charge in [0.15, 0.2) is 0 Å². The second-order valence-corrected chi connectivity index (χ2v) is 7.29. The highest BCUT2D eigenvalue weighted by molar-refractivity contribution is 5.83. The standard InChI is InChI=1S/C20H19FN6O2/c21-14-6-4-12(5-7-14)16-9-17(25-24-16)20(28)27-10-13(11-27)19-23-18(26-29-19)15-3-1-2-8-22-15/h1-8,13,16-17,24-25H,9-11H2. The number of hydrazine groups is 1. The summed E-state index contributed by atoms with van der Waals surface area (Å²) in [5.41, 5.74) is 7.78. The Labute approximate surface area is 166 Å². The number of amides is 1. The van der Waals surface area contributed by atoms with Gasteiger partial charge in [0.2, 0.25) is 17.6 Å². The van der Waals surface area contributed by atoms with E-state index in [9.17, 15) is 9.18 Å². The molecule has 2 unspecified atom stereocenters. The highest BCUT2D eigenvalue weighted by Crippen LogP contribution is 2.30. The molecule has 5 rings (SSSR count). The molecule has 2 N–H and O–H groups in total. The molecule has 2 aliphatic rings. The SMILES string of the molecule is O=C(C1CC(c2ccc(F)cc2)NN1)N1CC(c2nc(-c3ccccn3)no2)C1. The van der Waals surface area contributed by atoms with E-state index in [-0.39, 0.29) is 29.7 Å². The monoisotopic (exact) mass is 394 g/mol. The molecule has 3 aromatic rings. The molecule has 2 atom stereocenters. The molecule has 1 aromatic carbocycles. The summed E-state index contributed by atoms with van der Waals surface area (Å²) in [4.78, 5) is 23.2. The Bertz CT molecular complexity index is 1000. The normalized spacial score (nSPS) is 21.9. The fraction of sp³-hybridized carbons (Fsp3) is 0.300. The lowest BCUT2D eigenvalue weighted by Crippen LogP contribution is -2.54. The molecule has 2 fully saturated rings. The topological polar surface area (TPSA) is 96.2 Å². The summed E-state index contributed by atoms with van der Waals surface area (Å²) in [6.07, 6.45) is 2.28. The minimum Gasteiger partial charge on any atom is -0.340 e. The number of nitrogens with zero attached hydrogens (tertiary/aromatic N) is 4. The van der Waals surface area contributed by atoms with Gasteiger partial charge in [0.1, 0.15) is 17.6 Å². The molecule has 148 valence electrons. The predicted molar refractivity (Wildman–Crippen MR) is 101 cm³/mol. The van der Waals surface area contributed by atoms with Crippen molar-refractivity contribution in [2.45, 2.75) is 24.4 Å². The maximum atomic E-state index is 13.1.